The number of aliphatic hydroxyl groups is 4. The maximum absolute atomic E-state index is 12.4. The van der Waals surface area contributed by atoms with Crippen LogP contribution in [0, 0.1) is 17.8 Å². The lowest BCUT2D eigenvalue weighted by Gasteiger charge is -2.42. The number of fused-ring (bicyclic) bond motifs is 1. The molecular formula is C17H24O10. The normalized spacial score (nSPS) is 44.3. The zero-order chi connectivity index (χ0) is 19.9. The third-order valence-electron chi connectivity index (χ3n) is 5.43. The molecule has 0 radical (unpaired) electrons. The second-order valence-corrected chi connectivity index (χ2v) is 7.11. The smallest absolute Gasteiger partial charge is 0.337 e. The van der Waals surface area contributed by atoms with Crippen LogP contribution in [-0.2, 0) is 28.5 Å². The van der Waals surface area contributed by atoms with Gasteiger partial charge in [0.05, 0.1) is 31.5 Å². The van der Waals surface area contributed by atoms with Crippen LogP contribution in [0.2, 0.25) is 0 Å². The molecule has 0 aromatic heterocycles. The van der Waals surface area contributed by atoms with E-state index < -0.39 is 61.4 Å². The van der Waals surface area contributed by atoms with Crippen molar-refractivity contribution in [3.05, 3.63) is 11.8 Å². The van der Waals surface area contributed by atoms with Crippen LogP contribution < -0.4 is 0 Å². The van der Waals surface area contributed by atoms with E-state index in [9.17, 15) is 30.0 Å². The summed E-state index contributed by atoms with van der Waals surface area (Å²) < 4.78 is 21.2. The molecule has 0 bridgehead atoms. The standard InChI is InChI=1S/C17H24O10/c1-6-3-8(19)11-7(15(23)24-2)5-25-16(10(6)11)27-17-14(22)13(21)12(20)9(4-18)26-17/h5-6,9-14,16-18,20-22H,3-4H2,1-2H3/t6-,9+,10?,11?,12+,13-,14+,16-,17-/m0/s1. The first kappa shape index (κ1) is 20.2. The molecule has 2 aliphatic heterocycles. The Hall–Kier alpha value is -1.56. The molecular weight excluding hydrogens is 364 g/mol. The van der Waals surface area contributed by atoms with E-state index in [-0.39, 0.29) is 23.7 Å². The molecule has 0 amide bonds. The molecule has 1 saturated carbocycles. The molecule has 2 unspecified atom stereocenters. The van der Waals surface area contributed by atoms with E-state index in [2.05, 4.69) is 0 Å². The van der Waals surface area contributed by atoms with Crippen molar-refractivity contribution < 1.29 is 49.0 Å². The molecule has 10 heteroatoms. The number of carbonyl (C=O) groups excluding carboxylic acids is 2. The summed E-state index contributed by atoms with van der Waals surface area (Å²) in [5.74, 6) is -2.28. The van der Waals surface area contributed by atoms with E-state index in [1.165, 1.54) is 7.11 Å². The first-order valence-corrected chi connectivity index (χ1v) is 8.72. The van der Waals surface area contributed by atoms with Crippen molar-refractivity contribution in [1.29, 1.82) is 0 Å². The van der Waals surface area contributed by atoms with E-state index in [1.807, 2.05) is 6.92 Å². The van der Waals surface area contributed by atoms with Gasteiger partial charge in [-0.15, -0.1) is 0 Å². The topological polar surface area (TPSA) is 152 Å². The maximum atomic E-state index is 12.4. The molecule has 4 N–H and O–H groups in total. The molecule has 0 aromatic rings. The molecule has 0 aromatic carbocycles. The Balaban J connectivity index is 1.82. The van der Waals surface area contributed by atoms with Crippen LogP contribution >= 0.6 is 0 Å². The van der Waals surface area contributed by atoms with Gasteiger partial charge in [0.1, 0.15) is 30.2 Å². The van der Waals surface area contributed by atoms with Crippen molar-refractivity contribution >= 4 is 11.8 Å². The highest BCUT2D eigenvalue weighted by Crippen LogP contribution is 2.45. The Bertz CT molecular complexity index is 617. The largest absolute Gasteiger partial charge is 0.472 e. The fourth-order valence-electron chi connectivity index (χ4n) is 3.96. The van der Waals surface area contributed by atoms with Gasteiger partial charge in [0, 0.05) is 12.3 Å². The van der Waals surface area contributed by atoms with Gasteiger partial charge in [-0.2, -0.15) is 0 Å². The third-order valence-corrected chi connectivity index (χ3v) is 5.43. The van der Waals surface area contributed by atoms with Gasteiger partial charge >= 0.3 is 5.97 Å². The molecule has 27 heavy (non-hydrogen) atoms. The molecule has 2 fully saturated rings. The van der Waals surface area contributed by atoms with Crippen LogP contribution in [-0.4, -0.2) is 82.9 Å². The molecule has 1 saturated heterocycles. The minimum Gasteiger partial charge on any atom is -0.472 e. The maximum Gasteiger partial charge on any atom is 0.337 e. The number of hydrogen-bond donors (Lipinski definition) is 4. The van der Waals surface area contributed by atoms with Crippen LogP contribution in [0.5, 0.6) is 0 Å². The van der Waals surface area contributed by atoms with Gasteiger partial charge in [0.15, 0.2) is 6.29 Å². The molecule has 3 aliphatic rings. The van der Waals surface area contributed by atoms with Crippen LogP contribution in [0.15, 0.2) is 11.8 Å². The summed E-state index contributed by atoms with van der Waals surface area (Å²) >= 11 is 0. The Morgan fingerprint density at radius 1 is 1.22 bits per heavy atom. The quantitative estimate of drug-likeness (QED) is 0.400. The number of methoxy groups -OCH3 is 1. The van der Waals surface area contributed by atoms with E-state index in [0.29, 0.717) is 0 Å². The Labute approximate surface area is 155 Å². The van der Waals surface area contributed by atoms with Gasteiger partial charge in [-0.25, -0.2) is 4.79 Å². The summed E-state index contributed by atoms with van der Waals surface area (Å²) in [6, 6.07) is 0. The summed E-state index contributed by atoms with van der Waals surface area (Å²) in [6.07, 6.45) is -6.93. The molecule has 0 spiro atoms. The van der Waals surface area contributed by atoms with Crippen molar-refractivity contribution in [3.8, 4) is 0 Å². The first-order chi connectivity index (χ1) is 12.8. The molecule has 152 valence electrons. The highest BCUT2D eigenvalue weighted by molar-refractivity contribution is 5.99. The van der Waals surface area contributed by atoms with Crippen LogP contribution in [0.4, 0.5) is 0 Å². The zero-order valence-electron chi connectivity index (χ0n) is 14.9. The SMILES string of the molecule is COC(=O)C1=CO[C@@H](O[C@@H]2O[C@H](CO)[C@@H](O)[C@H](O)[C@H]2O)C2C1C(=O)C[C@@H]2C. The molecule has 1 aliphatic carbocycles. The number of carbonyl (C=O) groups is 2. The van der Waals surface area contributed by atoms with Gasteiger partial charge < -0.3 is 39.4 Å². The molecule has 3 rings (SSSR count). The van der Waals surface area contributed by atoms with Crippen molar-refractivity contribution in [2.24, 2.45) is 17.8 Å². The number of rotatable bonds is 4. The fourth-order valence-corrected chi connectivity index (χ4v) is 3.96. The van der Waals surface area contributed by atoms with E-state index in [4.69, 9.17) is 18.9 Å². The van der Waals surface area contributed by atoms with Crippen molar-refractivity contribution in [2.75, 3.05) is 13.7 Å². The predicted octanol–water partition coefficient (Wildman–Crippen LogP) is -1.94. The van der Waals surface area contributed by atoms with Gasteiger partial charge in [-0.3, -0.25) is 4.79 Å². The number of ether oxygens (including phenoxy) is 4. The van der Waals surface area contributed by atoms with Crippen molar-refractivity contribution in [1.82, 2.24) is 0 Å². The minimum atomic E-state index is -1.59. The van der Waals surface area contributed by atoms with Gasteiger partial charge in [-0.05, 0) is 5.92 Å². The van der Waals surface area contributed by atoms with E-state index in [1.54, 1.807) is 0 Å². The van der Waals surface area contributed by atoms with Gasteiger partial charge in [-0.1, -0.05) is 6.92 Å². The lowest BCUT2D eigenvalue weighted by molar-refractivity contribution is -0.342. The lowest BCUT2D eigenvalue weighted by atomic mass is 9.83. The lowest BCUT2D eigenvalue weighted by Crippen LogP contribution is -2.60. The average Bonchev–Trinajstić information content (AvgIpc) is 2.96. The van der Waals surface area contributed by atoms with Crippen LogP contribution in [0.1, 0.15) is 13.3 Å². The number of ketones is 1. The second kappa shape index (κ2) is 7.82. The van der Waals surface area contributed by atoms with Crippen LogP contribution in [0.25, 0.3) is 0 Å². The van der Waals surface area contributed by atoms with Crippen LogP contribution in [0.3, 0.4) is 0 Å². The predicted molar refractivity (Wildman–Crippen MR) is 85.6 cm³/mol. The zero-order valence-corrected chi connectivity index (χ0v) is 14.9. The first-order valence-electron chi connectivity index (χ1n) is 8.72. The molecule has 9 atom stereocenters. The summed E-state index contributed by atoms with van der Waals surface area (Å²) in [5.41, 5.74) is 0.102. The monoisotopic (exact) mass is 388 g/mol. The van der Waals surface area contributed by atoms with Crippen molar-refractivity contribution in [3.63, 3.8) is 0 Å². The summed E-state index contributed by atoms with van der Waals surface area (Å²) in [5, 5.41) is 39.1. The average molecular weight is 388 g/mol. The highest BCUT2D eigenvalue weighted by Gasteiger charge is 2.54. The number of esters is 1. The van der Waals surface area contributed by atoms with E-state index >= 15 is 0 Å². The number of Topliss-reactive ketones (excluding diaryl/α,β-unsaturated/α-hetero) is 1. The van der Waals surface area contributed by atoms with Gasteiger partial charge in [0.25, 0.3) is 0 Å². The van der Waals surface area contributed by atoms with Gasteiger partial charge in [0.2, 0.25) is 6.29 Å². The minimum absolute atomic E-state index is 0.102. The highest BCUT2D eigenvalue weighted by atomic mass is 16.8. The Morgan fingerprint density at radius 2 is 1.93 bits per heavy atom. The third kappa shape index (κ3) is 3.48. The van der Waals surface area contributed by atoms with E-state index in [0.717, 1.165) is 6.26 Å². The Morgan fingerprint density at radius 3 is 2.56 bits per heavy atom. The molecule has 2 heterocycles. The second-order valence-electron chi connectivity index (χ2n) is 7.11. The Kier molecular flexibility index (Phi) is 5.84. The fraction of sp³-hybridized carbons (Fsp3) is 0.765. The summed E-state index contributed by atoms with van der Waals surface area (Å²) in [6.45, 7) is 1.22. The summed E-state index contributed by atoms with van der Waals surface area (Å²) in [4.78, 5) is 24.4. The number of aliphatic hydroxyl groups excluding tert-OH is 4. The van der Waals surface area contributed by atoms with Crippen molar-refractivity contribution in [2.45, 2.75) is 50.3 Å². The number of hydrogen-bond acceptors (Lipinski definition) is 10. The summed E-state index contributed by atoms with van der Waals surface area (Å²) in [7, 11) is 1.21. The molecule has 10 nitrogen and oxygen atoms in total.